The first kappa shape index (κ1) is 15.2. The van der Waals surface area contributed by atoms with Crippen LogP contribution in [-0.4, -0.2) is 17.0 Å². The summed E-state index contributed by atoms with van der Waals surface area (Å²) >= 11 is 9.52. The lowest BCUT2D eigenvalue weighted by Crippen LogP contribution is -2.06. The first-order valence-electron chi connectivity index (χ1n) is 6.22. The Hall–Kier alpha value is -1.20. The van der Waals surface area contributed by atoms with Crippen LogP contribution in [-0.2, 0) is 12.8 Å². The molecule has 1 N–H and O–H groups in total. The fourth-order valence-corrected chi connectivity index (χ4v) is 2.75. The van der Waals surface area contributed by atoms with Gasteiger partial charge in [-0.2, -0.15) is 0 Å². The van der Waals surface area contributed by atoms with Crippen LogP contribution in [0.5, 0.6) is 0 Å². The fraction of sp³-hybridized carbons (Fsp3) is 0.286. The quantitative estimate of drug-likeness (QED) is 0.889. The molecule has 0 aliphatic heterocycles. The molecular weight excluding hydrogens is 345 g/mol. The molecule has 0 saturated heterocycles. The smallest absolute Gasteiger partial charge is 0.144 e. The van der Waals surface area contributed by atoms with Crippen LogP contribution in [0.2, 0.25) is 5.02 Å². The Bertz CT molecular complexity index is 609. The highest BCUT2D eigenvalue weighted by atomic mass is 79.9. The third-order valence-electron chi connectivity index (χ3n) is 2.90. The monoisotopic (exact) mass is 357 g/mol. The van der Waals surface area contributed by atoms with Crippen LogP contribution in [0.1, 0.15) is 24.0 Å². The van der Waals surface area contributed by atoms with E-state index < -0.39 is 0 Å². The van der Waals surface area contributed by atoms with Gasteiger partial charge < -0.3 is 5.32 Å². The average molecular weight is 359 g/mol. The number of benzene rings is 1. The van der Waals surface area contributed by atoms with Gasteiger partial charge in [0, 0.05) is 18.5 Å². The van der Waals surface area contributed by atoms with E-state index in [1.165, 1.54) is 12.1 Å². The molecule has 0 fully saturated rings. The van der Waals surface area contributed by atoms with Gasteiger partial charge in [-0.3, -0.25) is 0 Å². The zero-order valence-electron chi connectivity index (χ0n) is 11.2. The van der Waals surface area contributed by atoms with Crippen molar-refractivity contribution in [3.63, 3.8) is 0 Å². The Kier molecular flexibility index (Phi) is 4.94. The van der Waals surface area contributed by atoms with Gasteiger partial charge in [0.25, 0.3) is 0 Å². The minimum Gasteiger partial charge on any atom is -0.372 e. The lowest BCUT2D eigenvalue weighted by molar-refractivity contribution is 0.627. The number of anilines is 1. The maximum atomic E-state index is 13.0. The van der Waals surface area contributed by atoms with Gasteiger partial charge in [0.2, 0.25) is 0 Å². The van der Waals surface area contributed by atoms with Crippen molar-refractivity contribution in [1.29, 1.82) is 0 Å². The van der Waals surface area contributed by atoms with Crippen molar-refractivity contribution in [2.75, 3.05) is 12.4 Å². The normalized spacial score (nSPS) is 10.7. The predicted octanol–water partition coefficient (Wildman–Crippen LogP) is 4.23. The molecule has 0 atom stereocenters. The summed E-state index contributed by atoms with van der Waals surface area (Å²) in [4.78, 5) is 8.94. The molecule has 0 saturated carbocycles. The Morgan fingerprint density at radius 1 is 1.35 bits per heavy atom. The Balaban J connectivity index is 2.38. The van der Waals surface area contributed by atoms with E-state index in [1.807, 2.05) is 6.92 Å². The van der Waals surface area contributed by atoms with Crippen LogP contribution in [0, 0.1) is 5.82 Å². The summed E-state index contributed by atoms with van der Waals surface area (Å²) in [6, 6.07) is 4.35. The van der Waals surface area contributed by atoms with Gasteiger partial charge in [-0.25, -0.2) is 14.4 Å². The summed E-state index contributed by atoms with van der Waals surface area (Å²) in [5.74, 6) is 1.05. The molecule has 0 aliphatic carbocycles. The summed E-state index contributed by atoms with van der Waals surface area (Å²) in [6.07, 6.45) is 1.26. The molecule has 6 heteroatoms. The Labute approximate surface area is 130 Å². The van der Waals surface area contributed by atoms with Crippen molar-refractivity contribution in [2.45, 2.75) is 19.8 Å². The van der Waals surface area contributed by atoms with Gasteiger partial charge in [0.1, 0.15) is 17.5 Å². The second-order valence-electron chi connectivity index (χ2n) is 4.27. The average Bonchev–Trinajstić information content (AvgIpc) is 2.43. The van der Waals surface area contributed by atoms with Crippen molar-refractivity contribution in [1.82, 2.24) is 9.97 Å². The van der Waals surface area contributed by atoms with E-state index in [-0.39, 0.29) is 5.82 Å². The molecular formula is C14H14BrClFN3. The topological polar surface area (TPSA) is 37.8 Å². The minimum absolute atomic E-state index is 0.347. The van der Waals surface area contributed by atoms with Crippen molar-refractivity contribution in [2.24, 2.45) is 0 Å². The SMILES string of the molecule is CCc1nc(Cc2ccc(F)cc2Cl)nc(NC)c1Br. The van der Waals surface area contributed by atoms with Crippen molar-refractivity contribution in [3.05, 3.63) is 50.6 Å². The molecule has 0 unspecified atom stereocenters. The number of nitrogens with one attached hydrogen (secondary N) is 1. The van der Waals surface area contributed by atoms with Crippen molar-refractivity contribution >= 4 is 33.3 Å². The third kappa shape index (κ3) is 3.27. The van der Waals surface area contributed by atoms with Crippen molar-refractivity contribution < 1.29 is 4.39 Å². The zero-order chi connectivity index (χ0) is 14.7. The molecule has 1 aromatic heterocycles. The van der Waals surface area contributed by atoms with E-state index >= 15 is 0 Å². The Morgan fingerprint density at radius 2 is 2.10 bits per heavy atom. The van der Waals surface area contributed by atoms with Crippen molar-refractivity contribution in [3.8, 4) is 0 Å². The summed E-state index contributed by atoms with van der Waals surface area (Å²) in [6.45, 7) is 2.03. The second kappa shape index (κ2) is 6.50. The van der Waals surface area contributed by atoms with Gasteiger partial charge in [0.05, 0.1) is 10.2 Å². The number of hydrogen-bond donors (Lipinski definition) is 1. The van der Waals surface area contributed by atoms with E-state index in [2.05, 4.69) is 31.2 Å². The van der Waals surface area contributed by atoms with Crippen LogP contribution in [0.15, 0.2) is 22.7 Å². The van der Waals surface area contributed by atoms with Gasteiger partial charge in [-0.05, 0) is 40.0 Å². The molecule has 0 aliphatic rings. The standard InChI is InChI=1S/C14H14BrClFN3/c1-3-11-13(15)14(18-2)20-12(19-11)6-8-4-5-9(17)7-10(8)16/h4-5,7H,3,6H2,1-2H3,(H,18,19,20). The van der Waals surface area contributed by atoms with E-state index in [1.54, 1.807) is 13.1 Å². The Morgan fingerprint density at radius 3 is 2.70 bits per heavy atom. The molecule has 0 spiro atoms. The van der Waals surface area contributed by atoms with E-state index in [4.69, 9.17) is 11.6 Å². The molecule has 2 rings (SSSR count). The summed E-state index contributed by atoms with van der Waals surface area (Å²) < 4.78 is 13.9. The van der Waals surface area contributed by atoms with Gasteiger partial charge >= 0.3 is 0 Å². The minimum atomic E-state index is -0.347. The molecule has 0 amide bonds. The number of halogens is 3. The number of nitrogens with zero attached hydrogens (tertiary/aromatic N) is 2. The second-order valence-corrected chi connectivity index (χ2v) is 5.47. The number of hydrogen-bond acceptors (Lipinski definition) is 3. The highest BCUT2D eigenvalue weighted by Crippen LogP contribution is 2.25. The van der Waals surface area contributed by atoms with Gasteiger partial charge in [0.15, 0.2) is 0 Å². The highest BCUT2D eigenvalue weighted by molar-refractivity contribution is 9.10. The lowest BCUT2D eigenvalue weighted by Gasteiger charge is -2.10. The van der Waals surface area contributed by atoms with E-state index in [9.17, 15) is 4.39 Å². The molecule has 0 radical (unpaired) electrons. The van der Waals surface area contributed by atoms with Gasteiger partial charge in [-0.15, -0.1) is 0 Å². The number of aryl methyl sites for hydroxylation is 1. The maximum Gasteiger partial charge on any atom is 0.144 e. The predicted molar refractivity (Wildman–Crippen MR) is 82.9 cm³/mol. The molecule has 1 aromatic carbocycles. The van der Waals surface area contributed by atoms with Crippen LogP contribution in [0.4, 0.5) is 10.2 Å². The molecule has 0 bridgehead atoms. The largest absolute Gasteiger partial charge is 0.372 e. The number of aromatic nitrogens is 2. The van der Waals surface area contributed by atoms with Crippen LogP contribution < -0.4 is 5.32 Å². The van der Waals surface area contributed by atoms with Crippen LogP contribution in [0.25, 0.3) is 0 Å². The number of rotatable bonds is 4. The molecule has 20 heavy (non-hydrogen) atoms. The van der Waals surface area contributed by atoms with Gasteiger partial charge in [-0.1, -0.05) is 24.6 Å². The first-order chi connectivity index (χ1) is 9.55. The molecule has 2 aromatic rings. The van der Waals surface area contributed by atoms with Crippen LogP contribution in [0.3, 0.4) is 0 Å². The zero-order valence-corrected chi connectivity index (χ0v) is 13.5. The molecule has 106 valence electrons. The molecule has 3 nitrogen and oxygen atoms in total. The van der Waals surface area contributed by atoms with E-state index in [0.29, 0.717) is 17.3 Å². The maximum absolute atomic E-state index is 13.0. The van der Waals surface area contributed by atoms with Crippen LogP contribution >= 0.6 is 27.5 Å². The summed E-state index contributed by atoms with van der Waals surface area (Å²) in [5.41, 5.74) is 1.73. The fourth-order valence-electron chi connectivity index (χ4n) is 1.86. The van der Waals surface area contributed by atoms with E-state index in [0.717, 1.165) is 28.0 Å². The highest BCUT2D eigenvalue weighted by Gasteiger charge is 2.12. The first-order valence-corrected chi connectivity index (χ1v) is 7.39. The third-order valence-corrected chi connectivity index (χ3v) is 4.09. The lowest BCUT2D eigenvalue weighted by atomic mass is 10.1. The molecule has 1 heterocycles. The summed E-state index contributed by atoms with van der Waals surface area (Å²) in [7, 11) is 1.81. The summed E-state index contributed by atoms with van der Waals surface area (Å²) in [5, 5.41) is 3.42.